The number of nitrogens with one attached hydrogen (secondary N) is 1. The first-order valence-corrected chi connectivity index (χ1v) is 8.05. The first-order valence-electron chi connectivity index (χ1n) is 8.05. The van der Waals surface area contributed by atoms with Crippen molar-refractivity contribution in [2.24, 2.45) is 5.92 Å². The number of rotatable bonds is 6. The lowest BCUT2D eigenvalue weighted by Crippen LogP contribution is -2.46. The molecule has 0 radical (unpaired) electrons. The molecule has 2 rings (SSSR count). The summed E-state index contributed by atoms with van der Waals surface area (Å²) in [5.74, 6) is 0.286. The number of likely N-dealkylation sites (tertiary alicyclic amines) is 1. The van der Waals surface area contributed by atoms with Crippen LogP contribution in [0.1, 0.15) is 27.2 Å². The third kappa shape index (κ3) is 3.32. The van der Waals surface area contributed by atoms with Crippen LogP contribution in [0.15, 0.2) is 0 Å². The van der Waals surface area contributed by atoms with Crippen LogP contribution >= 0.6 is 0 Å². The minimum Gasteiger partial charge on any atom is -0.379 e. The van der Waals surface area contributed by atoms with Gasteiger partial charge < -0.3 is 15.0 Å². The molecule has 2 saturated heterocycles. The van der Waals surface area contributed by atoms with Crippen molar-refractivity contribution in [2.75, 3.05) is 45.9 Å². The largest absolute Gasteiger partial charge is 0.379 e. The number of nitrogens with zero attached hydrogens (tertiary/aromatic N) is 2. The average molecular weight is 283 g/mol. The lowest BCUT2D eigenvalue weighted by Gasteiger charge is -2.27. The minimum absolute atomic E-state index is 0.00500. The number of carbonyl (C=O) groups excluding carboxylic acids is 1. The Morgan fingerprint density at radius 3 is 2.70 bits per heavy atom. The van der Waals surface area contributed by atoms with Crippen molar-refractivity contribution in [3.63, 3.8) is 0 Å². The summed E-state index contributed by atoms with van der Waals surface area (Å²) < 4.78 is 5.50. The van der Waals surface area contributed by atoms with Crippen LogP contribution in [0.4, 0.5) is 0 Å². The molecule has 5 heteroatoms. The van der Waals surface area contributed by atoms with Gasteiger partial charge in [-0.2, -0.15) is 0 Å². The second-order valence-electron chi connectivity index (χ2n) is 5.76. The van der Waals surface area contributed by atoms with E-state index in [2.05, 4.69) is 31.0 Å². The second kappa shape index (κ2) is 7.38. The maximum Gasteiger partial charge on any atom is 0.229 e. The maximum absolute atomic E-state index is 12.7. The molecule has 1 N–H and O–H groups in total. The molecule has 0 spiro atoms. The molecule has 0 aromatic heterocycles. The summed E-state index contributed by atoms with van der Waals surface area (Å²) in [5.41, 5.74) is 0. The first kappa shape index (κ1) is 15.7. The van der Waals surface area contributed by atoms with Crippen LogP contribution in [-0.2, 0) is 9.53 Å². The third-order valence-electron chi connectivity index (χ3n) is 4.67. The first-order chi connectivity index (χ1) is 9.71. The fourth-order valence-electron chi connectivity index (χ4n) is 3.48. The van der Waals surface area contributed by atoms with E-state index < -0.39 is 0 Å². The highest BCUT2D eigenvalue weighted by Gasteiger charge is 2.39. The van der Waals surface area contributed by atoms with E-state index in [9.17, 15) is 4.79 Å². The smallest absolute Gasteiger partial charge is 0.229 e. The number of likely N-dealkylation sites (N-methyl/N-ethyl adjacent to an activating group) is 2. The van der Waals surface area contributed by atoms with Crippen LogP contribution in [0.3, 0.4) is 0 Å². The van der Waals surface area contributed by atoms with Gasteiger partial charge in [0.15, 0.2) is 0 Å². The van der Waals surface area contributed by atoms with Crippen LogP contribution in [-0.4, -0.2) is 73.7 Å². The average Bonchev–Trinajstić information content (AvgIpc) is 3.09. The van der Waals surface area contributed by atoms with Crippen molar-refractivity contribution in [3.05, 3.63) is 0 Å². The van der Waals surface area contributed by atoms with E-state index in [-0.39, 0.29) is 17.9 Å². The Morgan fingerprint density at radius 1 is 1.30 bits per heavy atom. The Bertz CT molecular complexity index is 320. The summed E-state index contributed by atoms with van der Waals surface area (Å²) >= 11 is 0. The molecule has 3 atom stereocenters. The molecule has 3 unspecified atom stereocenters. The molecule has 2 aliphatic rings. The van der Waals surface area contributed by atoms with Crippen molar-refractivity contribution in [1.82, 2.24) is 15.1 Å². The van der Waals surface area contributed by atoms with Gasteiger partial charge in [0.05, 0.1) is 19.1 Å². The molecule has 0 aromatic rings. The number of ether oxygens (including phenoxy) is 1. The van der Waals surface area contributed by atoms with Gasteiger partial charge in [-0.3, -0.25) is 9.69 Å². The van der Waals surface area contributed by atoms with E-state index in [0.29, 0.717) is 19.3 Å². The van der Waals surface area contributed by atoms with Crippen molar-refractivity contribution >= 4 is 5.91 Å². The van der Waals surface area contributed by atoms with Gasteiger partial charge in [0.1, 0.15) is 0 Å². The highest BCUT2D eigenvalue weighted by Crippen LogP contribution is 2.22. The van der Waals surface area contributed by atoms with E-state index in [0.717, 1.165) is 39.1 Å². The zero-order chi connectivity index (χ0) is 14.5. The maximum atomic E-state index is 12.7. The molecule has 20 heavy (non-hydrogen) atoms. The Hall–Kier alpha value is -0.650. The summed E-state index contributed by atoms with van der Waals surface area (Å²) in [6.45, 7) is 12.5. The van der Waals surface area contributed by atoms with Gasteiger partial charge in [0.25, 0.3) is 0 Å². The summed E-state index contributed by atoms with van der Waals surface area (Å²) in [7, 11) is 0. The van der Waals surface area contributed by atoms with Crippen molar-refractivity contribution < 1.29 is 9.53 Å². The van der Waals surface area contributed by atoms with Crippen molar-refractivity contribution in [3.8, 4) is 0 Å². The van der Waals surface area contributed by atoms with Crippen LogP contribution in [0, 0.1) is 5.92 Å². The minimum atomic E-state index is 0.00500. The Morgan fingerprint density at radius 2 is 2.05 bits per heavy atom. The Balaban J connectivity index is 1.90. The van der Waals surface area contributed by atoms with Crippen LogP contribution in [0.5, 0.6) is 0 Å². The topological polar surface area (TPSA) is 44.8 Å². The number of hydrogen-bond acceptors (Lipinski definition) is 4. The molecule has 0 bridgehead atoms. The molecule has 0 aromatic carbocycles. The summed E-state index contributed by atoms with van der Waals surface area (Å²) in [6.07, 6.45) is 1.10. The van der Waals surface area contributed by atoms with Gasteiger partial charge in [-0.1, -0.05) is 20.8 Å². The third-order valence-corrected chi connectivity index (χ3v) is 4.67. The number of carbonyl (C=O) groups is 1. The number of amides is 1. The highest BCUT2D eigenvalue weighted by molar-refractivity contribution is 5.80. The summed E-state index contributed by atoms with van der Waals surface area (Å²) in [4.78, 5) is 17.2. The molecule has 5 nitrogen and oxygen atoms in total. The van der Waals surface area contributed by atoms with Crippen molar-refractivity contribution in [1.29, 1.82) is 0 Å². The van der Waals surface area contributed by atoms with Crippen LogP contribution in [0.25, 0.3) is 0 Å². The fourth-order valence-corrected chi connectivity index (χ4v) is 3.48. The van der Waals surface area contributed by atoms with Gasteiger partial charge in [-0.15, -0.1) is 0 Å². The van der Waals surface area contributed by atoms with E-state index in [1.54, 1.807) is 0 Å². The quantitative estimate of drug-likeness (QED) is 0.773. The standard InChI is InChI=1S/C15H29N3O2/c1-4-16-14-11-20-10-13(14)15(19)18-8-7-12(9-18)17(5-2)6-3/h12-14,16H,4-11H2,1-3H3. The van der Waals surface area contributed by atoms with E-state index in [1.165, 1.54) is 0 Å². The van der Waals surface area contributed by atoms with E-state index >= 15 is 0 Å². The normalized spacial score (nSPS) is 30.4. The van der Waals surface area contributed by atoms with Gasteiger partial charge >= 0.3 is 0 Å². The van der Waals surface area contributed by atoms with Gasteiger partial charge in [-0.25, -0.2) is 0 Å². The predicted molar refractivity (Wildman–Crippen MR) is 79.7 cm³/mol. The number of hydrogen-bond donors (Lipinski definition) is 1. The molecule has 2 fully saturated rings. The summed E-state index contributed by atoms with van der Waals surface area (Å²) in [5, 5.41) is 3.37. The van der Waals surface area contributed by atoms with Gasteiger partial charge in [-0.05, 0) is 26.1 Å². The lowest BCUT2D eigenvalue weighted by molar-refractivity contribution is -0.135. The Kier molecular flexibility index (Phi) is 5.81. The highest BCUT2D eigenvalue weighted by atomic mass is 16.5. The summed E-state index contributed by atoms with van der Waals surface area (Å²) in [6, 6.07) is 0.730. The second-order valence-corrected chi connectivity index (χ2v) is 5.76. The molecule has 1 amide bonds. The zero-order valence-electron chi connectivity index (χ0n) is 13.1. The molecule has 2 heterocycles. The molecule has 0 saturated carbocycles. The molecule has 116 valence electrons. The fraction of sp³-hybridized carbons (Fsp3) is 0.933. The Labute approximate surface area is 122 Å². The van der Waals surface area contributed by atoms with Crippen LogP contribution in [0.2, 0.25) is 0 Å². The van der Waals surface area contributed by atoms with Crippen LogP contribution < -0.4 is 5.32 Å². The monoisotopic (exact) mass is 283 g/mol. The van der Waals surface area contributed by atoms with Gasteiger partial charge in [0.2, 0.25) is 5.91 Å². The SMILES string of the molecule is CCNC1COCC1C(=O)N1CCC(N(CC)CC)C1. The van der Waals surface area contributed by atoms with Crippen molar-refractivity contribution in [2.45, 2.75) is 39.3 Å². The van der Waals surface area contributed by atoms with E-state index in [1.807, 2.05) is 4.90 Å². The van der Waals surface area contributed by atoms with Gasteiger partial charge in [0, 0.05) is 25.2 Å². The lowest BCUT2D eigenvalue weighted by atomic mass is 10.0. The van der Waals surface area contributed by atoms with E-state index in [4.69, 9.17) is 4.74 Å². The molecular weight excluding hydrogens is 254 g/mol. The zero-order valence-corrected chi connectivity index (χ0v) is 13.1. The molecular formula is C15H29N3O2. The molecule has 0 aliphatic carbocycles. The predicted octanol–water partition coefficient (Wildman–Crippen LogP) is 0.554. The molecule has 2 aliphatic heterocycles.